The van der Waals surface area contributed by atoms with Crippen LogP contribution in [0.4, 0.5) is 0 Å². The molecule has 1 saturated heterocycles. The van der Waals surface area contributed by atoms with Gasteiger partial charge in [0.15, 0.2) is 0 Å². The topological polar surface area (TPSA) is 46.3 Å². The fourth-order valence-corrected chi connectivity index (χ4v) is 2.13. The van der Waals surface area contributed by atoms with Gasteiger partial charge in [-0.15, -0.1) is 0 Å². The van der Waals surface area contributed by atoms with Crippen LogP contribution in [-0.2, 0) is 4.79 Å². The zero-order valence-corrected chi connectivity index (χ0v) is 9.90. The zero-order valence-electron chi connectivity index (χ0n) is 9.08. The second kappa shape index (κ2) is 5.03. The zero-order chi connectivity index (χ0) is 10.6. The maximum absolute atomic E-state index is 11.7. The molecule has 0 aromatic rings. The van der Waals surface area contributed by atoms with Gasteiger partial charge in [0.05, 0.1) is 0 Å². The SMILES string of the molecule is CSCCC(=O)N1CCC(C)(CN)C1. The maximum atomic E-state index is 11.7. The van der Waals surface area contributed by atoms with Gasteiger partial charge in [-0.2, -0.15) is 11.8 Å². The average Bonchev–Trinajstić information content (AvgIpc) is 2.58. The third-order valence-electron chi connectivity index (χ3n) is 2.92. The Morgan fingerprint density at radius 3 is 2.86 bits per heavy atom. The Hall–Kier alpha value is -0.220. The minimum absolute atomic E-state index is 0.162. The number of thioether (sulfide) groups is 1. The van der Waals surface area contributed by atoms with Crippen LogP contribution in [0.15, 0.2) is 0 Å². The highest BCUT2D eigenvalue weighted by Crippen LogP contribution is 2.28. The van der Waals surface area contributed by atoms with Gasteiger partial charge in [0.25, 0.3) is 0 Å². The number of nitrogens with two attached hydrogens (primary N) is 1. The van der Waals surface area contributed by atoms with Crippen molar-refractivity contribution in [3.63, 3.8) is 0 Å². The monoisotopic (exact) mass is 216 g/mol. The predicted molar refractivity (Wildman–Crippen MR) is 61.4 cm³/mol. The van der Waals surface area contributed by atoms with Crippen molar-refractivity contribution < 1.29 is 4.79 Å². The Kier molecular flexibility index (Phi) is 4.26. The summed E-state index contributed by atoms with van der Waals surface area (Å²) in [5.74, 6) is 1.21. The number of nitrogens with zero attached hydrogens (tertiary/aromatic N) is 1. The Bertz CT molecular complexity index is 210. The molecule has 0 bridgehead atoms. The molecule has 1 heterocycles. The molecule has 14 heavy (non-hydrogen) atoms. The van der Waals surface area contributed by atoms with E-state index in [1.807, 2.05) is 11.2 Å². The first-order chi connectivity index (χ1) is 6.61. The number of likely N-dealkylation sites (tertiary alicyclic amines) is 1. The van der Waals surface area contributed by atoms with Crippen LogP contribution in [0, 0.1) is 5.41 Å². The number of hydrogen-bond acceptors (Lipinski definition) is 3. The Labute approximate surface area is 90.4 Å². The molecule has 0 aliphatic carbocycles. The third-order valence-corrected chi connectivity index (χ3v) is 3.54. The molecule has 1 amide bonds. The second-order valence-corrected chi connectivity index (χ2v) is 5.31. The van der Waals surface area contributed by atoms with Crippen molar-refractivity contribution in [2.45, 2.75) is 19.8 Å². The standard InChI is InChI=1S/C10H20N2OS/c1-10(7-11)4-5-12(8-10)9(13)3-6-14-2/h3-8,11H2,1-2H3. The summed E-state index contributed by atoms with van der Waals surface area (Å²) in [5.41, 5.74) is 5.85. The van der Waals surface area contributed by atoms with Gasteiger partial charge in [-0.05, 0) is 24.6 Å². The maximum Gasteiger partial charge on any atom is 0.223 e. The average molecular weight is 216 g/mol. The predicted octanol–water partition coefficient (Wildman–Crippen LogP) is 0.937. The lowest BCUT2D eigenvalue weighted by Crippen LogP contribution is -2.34. The van der Waals surface area contributed by atoms with Gasteiger partial charge in [0, 0.05) is 25.3 Å². The molecule has 0 aromatic carbocycles. The molecule has 3 nitrogen and oxygen atoms in total. The summed E-state index contributed by atoms with van der Waals surface area (Å²) in [6.45, 7) is 4.58. The highest BCUT2D eigenvalue weighted by Gasteiger charge is 2.34. The molecular formula is C10H20N2OS. The summed E-state index contributed by atoms with van der Waals surface area (Å²) in [7, 11) is 0. The normalized spacial score (nSPS) is 26.9. The van der Waals surface area contributed by atoms with Crippen LogP contribution >= 0.6 is 11.8 Å². The van der Waals surface area contributed by atoms with E-state index >= 15 is 0 Å². The first kappa shape index (κ1) is 11.9. The molecule has 0 aromatic heterocycles. The molecule has 0 spiro atoms. The van der Waals surface area contributed by atoms with Crippen molar-refractivity contribution in [3.05, 3.63) is 0 Å². The number of hydrogen-bond donors (Lipinski definition) is 1. The van der Waals surface area contributed by atoms with Crippen LogP contribution in [0.5, 0.6) is 0 Å². The van der Waals surface area contributed by atoms with E-state index in [4.69, 9.17) is 5.73 Å². The molecule has 4 heteroatoms. The van der Waals surface area contributed by atoms with Gasteiger partial charge in [-0.1, -0.05) is 6.92 Å². The molecule has 1 aliphatic heterocycles. The van der Waals surface area contributed by atoms with Gasteiger partial charge >= 0.3 is 0 Å². The van der Waals surface area contributed by atoms with Gasteiger partial charge in [-0.25, -0.2) is 0 Å². The smallest absolute Gasteiger partial charge is 0.223 e. The molecule has 0 saturated carbocycles. The lowest BCUT2D eigenvalue weighted by molar-refractivity contribution is -0.130. The van der Waals surface area contributed by atoms with Crippen molar-refractivity contribution >= 4 is 17.7 Å². The van der Waals surface area contributed by atoms with Crippen LogP contribution in [0.3, 0.4) is 0 Å². The van der Waals surface area contributed by atoms with Crippen LogP contribution < -0.4 is 5.73 Å². The van der Waals surface area contributed by atoms with Crippen LogP contribution in [0.2, 0.25) is 0 Å². The first-order valence-corrected chi connectivity index (χ1v) is 6.47. The minimum atomic E-state index is 0.162. The van der Waals surface area contributed by atoms with E-state index < -0.39 is 0 Å². The van der Waals surface area contributed by atoms with Crippen LogP contribution in [-0.4, -0.2) is 42.4 Å². The first-order valence-electron chi connectivity index (χ1n) is 5.08. The van der Waals surface area contributed by atoms with Crippen molar-refractivity contribution in [3.8, 4) is 0 Å². The van der Waals surface area contributed by atoms with Gasteiger partial charge in [0.2, 0.25) is 5.91 Å². The number of carbonyl (C=O) groups excluding carboxylic acids is 1. The molecule has 1 rings (SSSR count). The Morgan fingerprint density at radius 1 is 1.64 bits per heavy atom. The molecular weight excluding hydrogens is 196 g/mol. The van der Waals surface area contributed by atoms with Gasteiger partial charge < -0.3 is 10.6 Å². The molecule has 1 unspecified atom stereocenters. The van der Waals surface area contributed by atoms with Crippen LogP contribution in [0.1, 0.15) is 19.8 Å². The highest BCUT2D eigenvalue weighted by atomic mass is 32.2. The van der Waals surface area contributed by atoms with Crippen molar-refractivity contribution in [2.75, 3.05) is 31.6 Å². The summed E-state index contributed by atoms with van der Waals surface area (Å²) < 4.78 is 0. The van der Waals surface area contributed by atoms with E-state index in [2.05, 4.69) is 6.92 Å². The summed E-state index contributed by atoms with van der Waals surface area (Å²) in [6.07, 6.45) is 3.75. The van der Waals surface area contributed by atoms with E-state index in [0.717, 1.165) is 25.3 Å². The largest absolute Gasteiger partial charge is 0.342 e. The van der Waals surface area contributed by atoms with E-state index in [-0.39, 0.29) is 11.3 Å². The van der Waals surface area contributed by atoms with E-state index in [1.54, 1.807) is 11.8 Å². The molecule has 1 fully saturated rings. The summed E-state index contributed by atoms with van der Waals surface area (Å²) in [4.78, 5) is 13.6. The molecule has 1 atom stereocenters. The molecule has 0 radical (unpaired) electrons. The summed E-state index contributed by atoms with van der Waals surface area (Å²) in [5, 5.41) is 0. The molecule has 82 valence electrons. The minimum Gasteiger partial charge on any atom is -0.342 e. The van der Waals surface area contributed by atoms with Gasteiger partial charge in [-0.3, -0.25) is 4.79 Å². The summed E-state index contributed by atoms with van der Waals surface area (Å²) >= 11 is 1.72. The number of rotatable bonds is 4. The van der Waals surface area contributed by atoms with E-state index in [0.29, 0.717) is 13.0 Å². The third kappa shape index (κ3) is 2.89. The number of carbonyl (C=O) groups is 1. The van der Waals surface area contributed by atoms with Crippen molar-refractivity contribution in [1.29, 1.82) is 0 Å². The van der Waals surface area contributed by atoms with E-state index in [9.17, 15) is 4.79 Å². The quantitative estimate of drug-likeness (QED) is 0.760. The molecule has 2 N–H and O–H groups in total. The fraction of sp³-hybridized carbons (Fsp3) is 0.900. The lowest BCUT2D eigenvalue weighted by atomic mass is 9.90. The highest BCUT2D eigenvalue weighted by molar-refractivity contribution is 7.98. The second-order valence-electron chi connectivity index (χ2n) is 4.32. The summed E-state index contributed by atoms with van der Waals surface area (Å²) in [6, 6.07) is 0. The molecule has 1 aliphatic rings. The van der Waals surface area contributed by atoms with Crippen LogP contribution in [0.25, 0.3) is 0 Å². The van der Waals surface area contributed by atoms with Crippen molar-refractivity contribution in [2.24, 2.45) is 11.1 Å². The lowest BCUT2D eigenvalue weighted by Gasteiger charge is -2.22. The number of amides is 1. The fourth-order valence-electron chi connectivity index (χ4n) is 1.75. The van der Waals surface area contributed by atoms with Gasteiger partial charge in [0.1, 0.15) is 0 Å². The Morgan fingerprint density at radius 2 is 2.36 bits per heavy atom. The van der Waals surface area contributed by atoms with E-state index in [1.165, 1.54) is 0 Å². The Balaban J connectivity index is 2.38. The van der Waals surface area contributed by atoms with Crippen molar-refractivity contribution in [1.82, 2.24) is 4.90 Å².